The molecule has 2 aromatic heterocycles. The minimum Gasteiger partial charge on any atom is -0.383 e. The maximum absolute atomic E-state index is 6.08. The topological polar surface area (TPSA) is 68.8 Å². The van der Waals surface area contributed by atoms with E-state index >= 15 is 0 Å². The Morgan fingerprint density at radius 1 is 1.32 bits per heavy atom. The van der Waals surface area contributed by atoms with Gasteiger partial charge in [0.15, 0.2) is 0 Å². The molecule has 0 radical (unpaired) electrons. The van der Waals surface area contributed by atoms with Gasteiger partial charge in [-0.3, -0.25) is 0 Å². The molecule has 1 aliphatic heterocycles. The maximum Gasteiger partial charge on any atom is 0.147 e. The van der Waals surface area contributed by atoms with Crippen molar-refractivity contribution in [3.63, 3.8) is 0 Å². The average Bonchev–Trinajstić information content (AvgIpc) is 3.11. The fourth-order valence-corrected chi connectivity index (χ4v) is 4.09. The van der Waals surface area contributed by atoms with E-state index in [4.69, 9.17) is 5.73 Å². The third kappa shape index (κ3) is 2.02. The summed E-state index contributed by atoms with van der Waals surface area (Å²) in [7, 11) is 0. The van der Waals surface area contributed by atoms with Crippen LogP contribution in [0.2, 0.25) is 0 Å². The number of fused-ring (bicyclic) bond motifs is 2. The number of anilines is 2. The zero-order valence-electron chi connectivity index (χ0n) is 12.2. The van der Waals surface area contributed by atoms with Gasteiger partial charge >= 0.3 is 0 Å². The van der Waals surface area contributed by atoms with Crippen LogP contribution in [0, 0.1) is 5.92 Å². The molecule has 2 unspecified atom stereocenters. The number of aromatic nitrogens is 3. The summed E-state index contributed by atoms with van der Waals surface area (Å²) in [6.07, 6.45) is 12.3. The molecule has 0 bridgehead atoms. The van der Waals surface area contributed by atoms with Crippen molar-refractivity contribution in [1.29, 1.82) is 0 Å². The standard InChI is InChI=1S/C16H17N5S/c1-2-21-7-11(14-15(17)18-9-19-16(14)21)20-12-8-22-13-6-4-3-5-10(12)13/h3-10,13,20H,2H2,1H3,(H2,17,18,19). The molecule has 2 atom stereocenters. The van der Waals surface area contributed by atoms with E-state index in [1.165, 1.54) is 12.0 Å². The first-order valence-electron chi connectivity index (χ1n) is 7.34. The Labute approximate surface area is 133 Å². The van der Waals surface area contributed by atoms with Crippen molar-refractivity contribution < 1.29 is 0 Å². The molecule has 0 spiro atoms. The minimum absolute atomic E-state index is 0.390. The van der Waals surface area contributed by atoms with Gasteiger partial charge in [0.05, 0.1) is 11.1 Å². The Morgan fingerprint density at radius 3 is 3.05 bits per heavy atom. The van der Waals surface area contributed by atoms with Gasteiger partial charge < -0.3 is 15.6 Å². The highest BCUT2D eigenvalue weighted by Gasteiger charge is 2.28. The Morgan fingerprint density at radius 2 is 2.18 bits per heavy atom. The van der Waals surface area contributed by atoms with E-state index in [0.717, 1.165) is 23.3 Å². The summed E-state index contributed by atoms with van der Waals surface area (Å²) in [6, 6.07) is 0. The SMILES string of the molecule is CCn1cc(NC2=CSC3C=CC=CC23)c2c(N)ncnc21. The molecule has 2 aliphatic rings. The zero-order chi connectivity index (χ0) is 15.1. The number of nitrogens with zero attached hydrogens (tertiary/aromatic N) is 3. The summed E-state index contributed by atoms with van der Waals surface area (Å²) in [5.74, 6) is 0.905. The normalized spacial score (nSPS) is 22.9. The van der Waals surface area contributed by atoms with Crippen molar-refractivity contribution in [3.05, 3.63) is 47.9 Å². The Bertz CT molecular complexity index is 817. The van der Waals surface area contributed by atoms with Gasteiger partial charge in [-0.15, -0.1) is 11.8 Å². The number of hydrogen-bond donors (Lipinski definition) is 2. The van der Waals surface area contributed by atoms with E-state index < -0.39 is 0 Å². The van der Waals surface area contributed by atoms with E-state index in [0.29, 0.717) is 17.0 Å². The maximum atomic E-state index is 6.08. The first-order chi connectivity index (χ1) is 10.8. The van der Waals surface area contributed by atoms with Crippen molar-refractivity contribution in [1.82, 2.24) is 14.5 Å². The van der Waals surface area contributed by atoms with Crippen LogP contribution in [0.3, 0.4) is 0 Å². The first kappa shape index (κ1) is 13.5. The summed E-state index contributed by atoms with van der Waals surface area (Å²) in [5, 5.41) is 7.14. The predicted molar refractivity (Wildman–Crippen MR) is 92.5 cm³/mol. The highest BCUT2D eigenvalue weighted by Crippen LogP contribution is 2.40. The smallest absolute Gasteiger partial charge is 0.147 e. The number of allylic oxidation sites excluding steroid dienone is 3. The largest absolute Gasteiger partial charge is 0.383 e. The quantitative estimate of drug-likeness (QED) is 0.911. The molecule has 1 aliphatic carbocycles. The van der Waals surface area contributed by atoms with Crippen molar-refractivity contribution in [2.24, 2.45) is 5.92 Å². The molecule has 6 heteroatoms. The molecule has 4 rings (SSSR count). The van der Waals surface area contributed by atoms with E-state index in [2.05, 4.69) is 62.7 Å². The number of nitrogens with one attached hydrogen (secondary N) is 1. The number of aryl methyl sites for hydroxylation is 1. The molecule has 0 saturated heterocycles. The van der Waals surface area contributed by atoms with Gasteiger partial charge in [0.2, 0.25) is 0 Å². The lowest BCUT2D eigenvalue weighted by atomic mass is 9.97. The van der Waals surface area contributed by atoms with E-state index in [1.807, 2.05) is 11.8 Å². The van der Waals surface area contributed by atoms with E-state index in [-0.39, 0.29) is 0 Å². The summed E-state index contributed by atoms with van der Waals surface area (Å²) < 4.78 is 2.09. The predicted octanol–water partition coefficient (Wildman–Crippen LogP) is 3.14. The van der Waals surface area contributed by atoms with Gasteiger partial charge in [0.25, 0.3) is 0 Å². The Hall–Kier alpha value is -2.21. The third-order valence-corrected chi connectivity index (χ3v) is 5.25. The van der Waals surface area contributed by atoms with Crippen LogP contribution in [0.4, 0.5) is 11.5 Å². The number of thioether (sulfide) groups is 1. The lowest BCUT2D eigenvalue weighted by Crippen LogP contribution is -2.16. The minimum atomic E-state index is 0.390. The summed E-state index contributed by atoms with van der Waals surface area (Å²) in [6.45, 7) is 2.94. The summed E-state index contributed by atoms with van der Waals surface area (Å²) in [4.78, 5) is 8.51. The van der Waals surface area contributed by atoms with Crippen LogP contribution in [-0.2, 0) is 6.54 Å². The highest BCUT2D eigenvalue weighted by atomic mass is 32.2. The van der Waals surface area contributed by atoms with Gasteiger partial charge in [0.1, 0.15) is 17.8 Å². The molecule has 3 N–H and O–H groups in total. The molecule has 0 fully saturated rings. The molecule has 112 valence electrons. The molecule has 5 nitrogen and oxygen atoms in total. The second-order valence-electron chi connectivity index (χ2n) is 5.38. The van der Waals surface area contributed by atoms with Crippen LogP contribution in [0.15, 0.2) is 47.9 Å². The fraction of sp³-hybridized carbons (Fsp3) is 0.250. The van der Waals surface area contributed by atoms with Gasteiger partial charge in [-0.05, 0) is 12.3 Å². The van der Waals surface area contributed by atoms with Gasteiger partial charge in [-0.2, -0.15) is 0 Å². The molecule has 0 aromatic carbocycles. The molecular formula is C16H17N5S. The number of hydrogen-bond acceptors (Lipinski definition) is 5. The molecule has 0 amide bonds. The van der Waals surface area contributed by atoms with Gasteiger partial charge in [-0.25, -0.2) is 9.97 Å². The van der Waals surface area contributed by atoms with E-state index in [1.54, 1.807) is 0 Å². The zero-order valence-corrected chi connectivity index (χ0v) is 13.0. The second-order valence-corrected chi connectivity index (χ2v) is 6.43. The first-order valence-corrected chi connectivity index (χ1v) is 8.29. The van der Waals surface area contributed by atoms with Crippen molar-refractivity contribution in [3.8, 4) is 0 Å². The molecule has 0 saturated carbocycles. The highest BCUT2D eigenvalue weighted by molar-refractivity contribution is 8.03. The van der Waals surface area contributed by atoms with Crippen molar-refractivity contribution in [2.75, 3.05) is 11.1 Å². The summed E-state index contributed by atoms with van der Waals surface area (Å²) >= 11 is 1.84. The molecule has 22 heavy (non-hydrogen) atoms. The van der Waals surface area contributed by atoms with Crippen molar-refractivity contribution in [2.45, 2.75) is 18.7 Å². The lowest BCUT2D eigenvalue weighted by molar-refractivity contribution is 0.784. The average molecular weight is 311 g/mol. The van der Waals surface area contributed by atoms with Gasteiger partial charge in [0, 0.05) is 29.6 Å². The van der Waals surface area contributed by atoms with Crippen LogP contribution < -0.4 is 11.1 Å². The van der Waals surface area contributed by atoms with Crippen LogP contribution in [-0.4, -0.2) is 19.8 Å². The van der Waals surface area contributed by atoms with Crippen LogP contribution in [0.25, 0.3) is 11.0 Å². The van der Waals surface area contributed by atoms with E-state index in [9.17, 15) is 0 Å². The Kier molecular flexibility index (Phi) is 3.18. The number of rotatable bonds is 3. The van der Waals surface area contributed by atoms with Gasteiger partial charge in [-0.1, -0.05) is 24.3 Å². The number of nitrogens with two attached hydrogens (primary N) is 1. The van der Waals surface area contributed by atoms with Crippen LogP contribution in [0.1, 0.15) is 6.92 Å². The second kappa shape index (κ2) is 5.21. The van der Waals surface area contributed by atoms with Crippen LogP contribution in [0.5, 0.6) is 0 Å². The molecule has 2 aromatic rings. The monoisotopic (exact) mass is 311 g/mol. The number of nitrogen functional groups attached to an aromatic ring is 1. The molecule has 3 heterocycles. The fourth-order valence-electron chi connectivity index (χ4n) is 2.98. The Balaban J connectivity index is 1.73. The molecular weight excluding hydrogens is 294 g/mol. The van der Waals surface area contributed by atoms with Crippen LogP contribution >= 0.6 is 11.8 Å². The summed E-state index contributed by atoms with van der Waals surface area (Å²) in [5.41, 5.74) is 9.13. The third-order valence-electron chi connectivity index (χ3n) is 4.10. The lowest BCUT2D eigenvalue weighted by Gasteiger charge is -2.19. The van der Waals surface area contributed by atoms with Crippen molar-refractivity contribution >= 4 is 34.3 Å².